The first kappa shape index (κ1) is 20.9. The third-order valence-electron chi connectivity index (χ3n) is 4.38. The Morgan fingerprint density at radius 1 is 0.900 bits per heavy atom. The Hall–Kier alpha value is -3.81. The molecular formula is C22H23N3O5. The van der Waals surface area contributed by atoms with E-state index in [0.29, 0.717) is 5.69 Å². The number of anilines is 1. The van der Waals surface area contributed by atoms with Crippen molar-refractivity contribution in [1.29, 1.82) is 0 Å². The van der Waals surface area contributed by atoms with Gasteiger partial charge in [-0.05, 0) is 47.9 Å². The zero-order valence-electron chi connectivity index (χ0n) is 16.7. The van der Waals surface area contributed by atoms with Crippen LogP contribution in [0.5, 0.6) is 0 Å². The first-order valence-electron chi connectivity index (χ1n) is 9.50. The maximum atomic E-state index is 12.6. The molecule has 0 spiro atoms. The minimum atomic E-state index is -0.718. The molecule has 1 atom stereocenters. The Morgan fingerprint density at radius 2 is 1.57 bits per heavy atom. The SMILES string of the molecule is CC(C)C(NC(=O)c1ccco1)C(=O)NCc1cccc(NC(=O)c2ccco2)c1. The largest absolute Gasteiger partial charge is 0.459 e. The van der Waals surface area contributed by atoms with Crippen LogP contribution in [0.3, 0.4) is 0 Å². The lowest BCUT2D eigenvalue weighted by Gasteiger charge is -2.21. The van der Waals surface area contributed by atoms with E-state index in [9.17, 15) is 14.4 Å². The number of hydrogen-bond donors (Lipinski definition) is 3. The third-order valence-corrected chi connectivity index (χ3v) is 4.38. The summed E-state index contributed by atoms with van der Waals surface area (Å²) in [6, 6.07) is 12.7. The first-order valence-corrected chi connectivity index (χ1v) is 9.50. The van der Waals surface area contributed by atoms with Gasteiger partial charge in [0, 0.05) is 12.2 Å². The highest BCUT2D eigenvalue weighted by Gasteiger charge is 2.25. The van der Waals surface area contributed by atoms with Gasteiger partial charge in [-0.3, -0.25) is 14.4 Å². The summed E-state index contributed by atoms with van der Waals surface area (Å²) < 4.78 is 10.1. The van der Waals surface area contributed by atoms with Crippen LogP contribution in [0.4, 0.5) is 5.69 Å². The van der Waals surface area contributed by atoms with E-state index in [1.165, 1.54) is 18.6 Å². The van der Waals surface area contributed by atoms with Crippen molar-refractivity contribution in [3.05, 3.63) is 78.1 Å². The molecule has 3 rings (SSSR count). The van der Waals surface area contributed by atoms with Gasteiger partial charge in [-0.25, -0.2) is 0 Å². The molecule has 0 saturated heterocycles. The van der Waals surface area contributed by atoms with Crippen molar-refractivity contribution in [2.24, 2.45) is 5.92 Å². The van der Waals surface area contributed by atoms with Crippen LogP contribution >= 0.6 is 0 Å². The van der Waals surface area contributed by atoms with Crippen LogP contribution in [-0.2, 0) is 11.3 Å². The van der Waals surface area contributed by atoms with Crippen molar-refractivity contribution in [2.75, 3.05) is 5.32 Å². The second-order valence-electron chi connectivity index (χ2n) is 7.02. The van der Waals surface area contributed by atoms with Crippen molar-refractivity contribution in [2.45, 2.75) is 26.4 Å². The highest BCUT2D eigenvalue weighted by Crippen LogP contribution is 2.13. The molecule has 1 unspecified atom stereocenters. The smallest absolute Gasteiger partial charge is 0.291 e. The standard InChI is InChI=1S/C22H23N3O5/c1-14(2)19(25-21(27)18-9-5-11-30-18)22(28)23-13-15-6-3-7-16(12-15)24-20(26)17-8-4-10-29-17/h3-12,14,19H,13H2,1-2H3,(H,23,28)(H,24,26)(H,25,27). The van der Waals surface area contributed by atoms with E-state index in [1.807, 2.05) is 19.9 Å². The van der Waals surface area contributed by atoms with Crippen LogP contribution in [0.1, 0.15) is 40.5 Å². The number of carbonyl (C=O) groups is 3. The molecule has 0 aliphatic rings. The summed E-state index contributed by atoms with van der Waals surface area (Å²) in [5.41, 5.74) is 1.37. The average molecular weight is 409 g/mol. The molecule has 1 aromatic carbocycles. The van der Waals surface area contributed by atoms with Crippen molar-refractivity contribution >= 4 is 23.4 Å². The Labute approximate surface area is 173 Å². The fourth-order valence-corrected chi connectivity index (χ4v) is 2.81. The topological polar surface area (TPSA) is 114 Å². The number of furan rings is 2. The van der Waals surface area contributed by atoms with E-state index in [0.717, 1.165) is 5.56 Å². The second-order valence-corrected chi connectivity index (χ2v) is 7.02. The van der Waals surface area contributed by atoms with E-state index in [1.54, 1.807) is 36.4 Å². The van der Waals surface area contributed by atoms with E-state index in [4.69, 9.17) is 8.83 Å². The molecule has 30 heavy (non-hydrogen) atoms. The summed E-state index contributed by atoms with van der Waals surface area (Å²) in [4.78, 5) is 36.9. The van der Waals surface area contributed by atoms with Crippen LogP contribution in [-0.4, -0.2) is 23.8 Å². The lowest BCUT2D eigenvalue weighted by atomic mass is 10.0. The predicted octanol–water partition coefficient (Wildman–Crippen LogP) is 3.20. The number of nitrogens with one attached hydrogen (secondary N) is 3. The molecule has 0 aliphatic heterocycles. The summed E-state index contributed by atoms with van der Waals surface area (Å²) in [6.07, 6.45) is 2.83. The molecule has 0 radical (unpaired) electrons. The van der Waals surface area contributed by atoms with Crippen LogP contribution in [0.25, 0.3) is 0 Å². The summed E-state index contributed by atoms with van der Waals surface area (Å²) in [7, 11) is 0. The molecule has 2 heterocycles. The van der Waals surface area contributed by atoms with Gasteiger partial charge in [0.1, 0.15) is 6.04 Å². The van der Waals surface area contributed by atoms with E-state index in [-0.39, 0.29) is 35.8 Å². The molecule has 0 fully saturated rings. The lowest BCUT2D eigenvalue weighted by Crippen LogP contribution is -2.49. The molecule has 0 aliphatic carbocycles. The molecule has 8 heteroatoms. The Kier molecular flexibility index (Phi) is 6.69. The maximum absolute atomic E-state index is 12.6. The van der Waals surface area contributed by atoms with Crippen LogP contribution in [0.15, 0.2) is 69.9 Å². The second kappa shape index (κ2) is 9.60. The molecule has 0 saturated carbocycles. The third kappa shape index (κ3) is 5.38. The minimum absolute atomic E-state index is 0.122. The summed E-state index contributed by atoms with van der Waals surface area (Å²) >= 11 is 0. The Bertz CT molecular complexity index is 994. The molecule has 2 aromatic heterocycles. The summed E-state index contributed by atoms with van der Waals surface area (Å²) in [5.74, 6) is -0.884. The molecular weight excluding hydrogens is 386 g/mol. The highest BCUT2D eigenvalue weighted by molar-refractivity contribution is 6.02. The highest BCUT2D eigenvalue weighted by atomic mass is 16.3. The van der Waals surface area contributed by atoms with Crippen molar-refractivity contribution in [3.8, 4) is 0 Å². The van der Waals surface area contributed by atoms with E-state index in [2.05, 4.69) is 16.0 Å². The van der Waals surface area contributed by atoms with Crippen molar-refractivity contribution in [3.63, 3.8) is 0 Å². The Balaban J connectivity index is 1.58. The van der Waals surface area contributed by atoms with Gasteiger partial charge in [0.2, 0.25) is 5.91 Å². The van der Waals surface area contributed by atoms with Crippen molar-refractivity contribution < 1.29 is 23.2 Å². The van der Waals surface area contributed by atoms with Crippen molar-refractivity contribution in [1.82, 2.24) is 10.6 Å². The monoisotopic (exact) mass is 409 g/mol. The summed E-state index contributed by atoms with van der Waals surface area (Å²) in [6.45, 7) is 3.93. The fourth-order valence-electron chi connectivity index (χ4n) is 2.81. The first-order chi connectivity index (χ1) is 14.4. The molecule has 8 nitrogen and oxygen atoms in total. The van der Waals surface area contributed by atoms with Gasteiger partial charge in [0.05, 0.1) is 12.5 Å². The van der Waals surface area contributed by atoms with Gasteiger partial charge >= 0.3 is 0 Å². The molecule has 3 amide bonds. The quantitative estimate of drug-likeness (QED) is 0.529. The van der Waals surface area contributed by atoms with Crippen LogP contribution in [0, 0.1) is 5.92 Å². The van der Waals surface area contributed by atoms with E-state index >= 15 is 0 Å². The molecule has 0 bridgehead atoms. The van der Waals surface area contributed by atoms with Gasteiger partial charge in [-0.1, -0.05) is 26.0 Å². The van der Waals surface area contributed by atoms with Gasteiger partial charge < -0.3 is 24.8 Å². The number of carbonyl (C=O) groups excluding carboxylic acids is 3. The minimum Gasteiger partial charge on any atom is -0.459 e. The van der Waals surface area contributed by atoms with Gasteiger partial charge in [0.15, 0.2) is 11.5 Å². The summed E-state index contributed by atoms with van der Waals surface area (Å²) in [5, 5.41) is 8.26. The average Bonchev–Trinajstić information content (AvgIpc) is 3.44. The number of benzene rings is 1. The molecule has 156 valence electrons. The number of hydrogen-bond acceptors (Lipinski definition) is 5. The lowest BCUT2D eigenvalue weighted by molar-refractivity contribution is -0.124. The maximum Gasteiger partial charge on any atom is 0.291 e. The van der Waals surface area contributed by atoms with Gasteiger partial charge in [-0.2, -0.15) is 0 Å². The van der Waals surface area contributed by atoms with Crippen LogP contribution < -0.4 is 16.0 Å². The van der Waals surface area contributed by atoms with Gasteiger partial charge in [0.25, 0.3) is 11.8 Å². The van der Waals surface area contributed by atoms with Crippen LogP contribution in [0.2, 0.25) is 0 Å². The number of amides is 3. The van der Waals surface area contributed by atoms with Gasteiger partial charge in [-0.15, -0.1) is 0 Å². The zero-order valence-corrected chi connectivity index (χ0v) is 16.7. The molecule has 3 aromatic rings. The predicted molar refractivity (Wildman–Crippen MR) is 110 cm³/mol. The Morgan fingerprint density at radius 3 is 2.17 bits per heavy atom. The number of rotatable bonds is 8. The normalized spacial score (nSPS) is 11.7. The van der Waals surface area contributed by atoms with E-state index < -0.39 is 11.9 Å². The zero-order chi connectivity index (χ0) is 21.5. The fraction of sp³-hybridized carbons (Fsp3) is 0.227. The molecule has 3 N–H and O–H groups in total.